The maximum Gasteiger partial charge on any atom is 0.118 e. The second kappa shape index (κ2) is 5.56. The van der Waals surface area contributed by atoms with Crippen LogP contribution in [0.4, 0.5) is 5.69 Å². The lowest BCUT2D eigenvalue weighted by molar-refractivity contribution is 0.661. The van der Waals surface area contributed by atoms with Gasteiger partial charge in [0.15, 0.2) is 0 Å². The van der Waals surface area contributed by atoms with Gasteiger partial charge in [-0.3, -0.25) is 20.1 Å². The molecule has 5 rings (SSSR count). The number of anilines is 1. The highest BCUT2D eigenvalue weighted by Crippen LogP contribution is 2.17. The summed E-state index contributed by atoms with van der Waals surface area (Å²) in [6.07, 6.45) is 9.72. The fraction of sp³-hybridized carbons (Fsp3) is 0.150. The van der Waals surface area contributed by atoms with Crippen molar-refractivity contribution in [2.24, 2.45) is 4.99 Å². The molecule has 0 saturated heterocycles. The summed E-state index contributed by atoms with van der Waals surface area (Å²) < 4.78 is 1.94. The minimum atomic E-state index is 0.687. The largest absolute Gasteiger partial charge is 0.295 e. The molecule has 4 heterocycles. The topological polar surface area (TPSA) is 58.3 Å². The van der Waals surface area contributed by atoms with E-state index in [2.05, 4.69) is 53.6 Å². The molecule has 0 atom stereocenters. The van der Waals surface area contributed by atoms with Crippen LogP contribution in [0.1, 0.15) is 16.7 Å². The van der Waals surface area contributed by atoms with Crippen molar-refractivity contribution < 1.29 is 0 Å². The van der Waals surface area contributed by atoms with Crippen LogP contribution in [-0.2, 0) is 6.54 Å². The summed E-state index contributed by atoms with van der Waals surface area (Å²) in [6.45, 7) is 4.92. The van der Waals surface area contributed by atoms with Gasteiger partial charge in [0.05, 0.1) is 30.0 Å². The summed E-state index contributed by atoms with van der Waals surface area (Å²) >= 11 is 0. The van der Waals surface area contributed by atoms with Crippen molar-refractivity contribution >= 4 is 41.4 Å². The van der Waals surface area contributed by atoms with Gasteiger partial charge in [0.25, 0.3) is 0 Å². The zero-order chi connectivity index (χ0) is 17.7. The molecule has 0 fully saturated rings. The van der Waals surface area contributed by atoms with Crippen LogP contribution in [0.15, 0.2) is 35.5 Å². The first kappa shape index (κ1) is 14.9. The fourth-order valence-electron chi connectivity index (χ4n) is 3.22. The Morgan fingerprint density at radius 2 is 2.04 bits per heavy atom. The predicted molar refractivity (Wildman–Crippen MR) is 105 cm³/mol. The van der Waals surface area contributed by atoms with Crippen LogP contribution in [0, 0.1) is 13.8 Å². The number of fused-ring (bicyclic) bond motifs is 4. The van der Waals surface area contributed by atoms with E-state index in [0.29, 0.717) is 6.54 Å². The number of hydrogen-bond donors (Lipinski definition) is 1. The molecule has 2 aromatic heterocycles. The Hall–Kier alpha value is -3.41. The summed E-state index contributed by atoms with van der Waals surface area (Å²) in [5.41, 5.74) is 9.83. The van der Waals surface area contributed by atoms with Gasteiger partial charge in [0.2, 0.25) is 0 Å². The number of aromatic nitrogens is 3. The molecular formula is C20H18N6. The molecule has 3 aromatic rings. The molecule has 1 aromatic carbocycles. The third-order valence-corrected chi connectivity index (χ3v) is 4.81. The maximum atomic E-state index is 4.84. The molecule has 6 nitrogen and oxygen atoms in total. The Labute approximate surface area is 150 Å². The highest BCUT2D eigenvalue weighted by molar-refractivity contribution is 5.80. The second-order valence-electron chi connectivity index (χ2n) is 6.62. The molecule has 0 spiro atoms. The van der Waals surface area contributed by atoms with Crippen LogP contribution in [0.3, 0.4) is 0 Å². The molecule has 2 aliphatic rings. The van der Waals surface area contributed by atoms with E-state index >= 15 is 0 Å². The van der Waals surface area contributed by atoms with Crippen LogP contribution in [0.2, 0.25) is 0 Å². The Balaban J connectivity index is 1.56. The van der Waals surface area contributed by atoms with Crippen molar-refractivity contribution in [3.63, 3.8) is 0 Å². The molecule has 6 heteroatoms. The third kappa shape index (κ3) is 2.38. The number of rotatable bonds is 2. The summed E-state index contributed by atoms with van der Waals surface area (Å²) in [4.78, 5) is 9.08. The zero-order valence-electron chi connectivity index (χ0n) is 14.6. The van der Waals surface area contributed by atoms with E-state index in [1.54, 1.807) is 0 Å². The van der Waals surface area contributed by atoms with E-state index in [9.17, 15) is 0 Å². The van der Waals surface area contributed by atoms with Gasteiger partial charge in [-0.05, 0) is 49.2 Å². The molecule has 128 valence electrons. The highest BCUT2D eigenvalue weighted by Gasteiger charge is 2.12. The quantitative estimate of drug-likeness (QED) is 0.773. The Kier molecular flexibility index (Phi) is 3.18. The van der Waals surface area contributed by atoms with Crippen LogP contribution in [-0.4, -0.2) is 26.0 Å². The third-order valence-electron chi connectivity index (χ3n) is 4.81. The lowest BCUT2D eigenvalue weighted by atomic mass is 10.1. The lowest BCUT2D eigenvalue weighted by Gasteiger charge is -2.21. The van der Waals surface area contributed by atoms with Gasteiger partial charge in [-0.1, -0.05) is 6.07 Å². The van der Waals surface area contributed by atoms with E-state index in [1.807, 2.05) is 40.6 Å². The first-order valence-electron chi connectivity index (χ1n) is 8.59. The second-order valence-corrected chi connectivity index (χ2v) is 6.62. The van der Waals surface area contributed by atoms with Crippen molar-refractivity contribution in [2.45, 2.75) is 20.4 Å². The van der Waals surface area contributed by atoms with Crippen molar-refractivity contribution in [3.8, 4) is 0 Å². The lowest BCUT2D eigenvalue weighted by Crippen LogP contribution is -2.28. The summed E-state index contributed by atoms with van der Waals surface area (Å²) in [7, 11) is 0. The summed E-state index contributed by atoms with van der Waals surface area (Å²) in [6, 6.07) is 8.43. The van der Waals surface area contributed by atoms with Crippen molar-refractivity contribution in [1.29, 1.82) is 0 Å². The molecular weight excluding hydrogens is 324 g/mol. The molecule has 0 bridgehead atoms. The van der Waals surface area contributed by atoms with Crippen LogP contribution < -0.4 is 16.1 Å². The number of aliphatic imine (C=N–C) groups is 1. The van der Waals surface area contributed by atoms with Gasteiger partial charge in [0.1, 0.15) is 16.4 Å². The first-order chi connectivity index (χ1) is 12.7. The Bertz CT molecular complexity index is 1220. The smallest absolute Gasteiger partial charge is 0.118 e. The minimum Gasteiger partial charge on any atom is -0.295 e. The Morgan fingerprint density at radius 3 is 2.92 bits per heavy atom. The number of pyridine rings is 1. The number of aryl methyl sites for hydroxylation is 2. The van der Waals surface area contributed by atoms with E-state index in [4.69, 9.17) is 4.98 Å². The molecule has 0 saturated carbocycles. The minimum absolute atomic E-state index is 0.687. The van der Waals surface area contributed by atoms with Crippen LogP contribution in [0.25, 0.3) is 29.5 Å². The molecule has 0 radical (unpaired) electrons. The number of nitrogens with one attached hydrogen (secondary N) is 1. The highest BCUT2D eigenvalue weighted by atomic mass is 15.5. The van der Waals surface area contributed by atoms with Gasteiger partial charge in [-0.2, -0.15) is 5.10 Å². The fourth-order valence-corrected chi connectivity index (χ4v) is 3.22. The van der Waals surface area contributed by atoms with Gasteiger partial charge in [-0.25, -0.2) is 4.98 Å². The van der Waals surface area contributed by atoms with Crippen molar-refractivity contribution in [2.75, 3.05) is 5.43 Å². The molecule has 2 aliphatic heterocycles. The van der Waals surface area contributed by atoms with E-state index < -0.39 is 0 Å². The zero-order valence-corrected chi connectivity index (χ0v) is 14.6. The molecule has 26 heavy (non-hydrogen) atoms. The number of nitrogens with zero attached hydrogens (tertiary/aromatic N) is 5. The number of hydrazine groups is 1. The van der Waals surface area contributed by atoms with Gasteiger partial charge >= 0.3 is 0 Å². The van der Waals surface area contributed by atoms with Gasteiger partial charge < -0.3 is 0 Å². The van der Waals surface area contributed by atoms with Crippen LogP contribution in [0.5, 0.6) is 0 Å². The maximum absolute atomic E-state index is 4.84. The summed E-state index contributed by atoms with van der Waals surface area (Å²) in [5.74, 6) is 0. The number of hydrogen-bond acceptors (Lipinski definition) is 5. The normalized spacial score (nSPS) is 14.6. The summed E-state index contributed by atoms with van der Waals surface area (Å²) in [5, 5.41) is 8.43. The van der Waals surface area contributed by atoms with Crippen LogP contribution >= 0.6 is 0 Å². The number of benzene rings is 1. The predicted octanol–water partition coefficient (Wildman–Crippen LogP) is 1.92. The monoisotopic (exact) mass is 342 g/mol. The SMILES string of the molecule is Cc1ccc(NN2C=Cc3cc4nn5c(c4nc3=C2)=CN=CC5)cc1C. The molecule has 1 N–H and O–H groups in total. The molecule has 0 unspecified atom stereocenters. The average Bonchev–Trinajstić information content (AvgIpc) is 3.00. The van der Waals surface area contributed by atoms with E-state index in [1.165, 1.54) is 11.1 Å². The van der Waals surface area contributed by atoms with Crippen molar-refractivity contribution in [3.05, 3.63) is 57.9 Å². The van der Waals surface area contributed by atoms with Crippen molar-refractivity contribution in [1.82, 2.24) is 19.8 Å². The van der Waals surface area contributed by atoms with Gasteiger partial charge in [-0.15, -0.1) is 0 Å². The first-order valence-corrected chi connectivity index (χ1v) is 8.59. The van der Waals surface area contributed by atoms with E-state index in [-0.39, 0.29) is 0 Å². The standard InChI is InChI=1S/C20H18N6/c1-13-3-4-16(9-14(13)2)23-25-7-5-15-10-17-20(22-18(15)12-25)19-11-21-6-8-26(19)24-17/h3-7,9-12,23H,8H2,1-2H3. The molecule has 0 amide bonds. The van der Waals surface area contributed by atoms with Gasteiger partial charge in [0, 0.05) is 18.0 Å². The Morgan fingerprint density at radius 1 is 1.12 bits per heavy atom. The average molecular weight is 342 g/mol. The molecule has 0 aliphatic carbocycles. The van der Waals surface area contributed by atoms with E-state index in [0.717, 1.165) is 33.0 Å².